The van der Waals surface area contributed by atoms with Crippen LogP contribution in [0.25, 0.3) is 10.9 Å². The molecule has 2 heterocycles. The number of anilines is 3. The molecule has 214 valence electrons. The molecule has 0 saturated heterocycles. The fourth-order valence-corrected chi connectivity index (χ4v) is 4.69. The van der Waals surface area contributed by atoms with Crippen LogP contribution < -0.4 is 10.6 Å². The Morgan fingerprint density at radius 2 is 1.76 bits per heavy atom. The fourth-order valence-electron chi connectivity index (χ4n) is 4.24. The Morgan fingerprint density at radius 1 is 1.02 bits per heavy atom. The molecule has 0 radical (unpaired) electrons. The summed E-state index contributed by atoms with van der Waals surface area (Å²) in [5.74, 6) is -0.603. The third-order valence-electron chi connectivity index (χ3n) is 6.27. The van der Waals surface area contributed by atoms with Crippen molar-refractivity contribution in [2.24, 2.45) is 0 Å². The molecule has 2 unspecified atom stereocenters. The van der Waals surface area contributed by atoms with Crippen molar-refractivity contribution in [1.29, 1.82) is 5.26 Å². The van der Waals surface area contributed by atoms with Gasteiger partial charge in [0.25, 0.3) is 0 Å². The highest BCUT2D eigenvalue weighted by molar-refractivity contribution is 6.36. The van der Waals surface area contributed by atoms with E-state index in [1.165, 1.54) is 30.6 Å². The number of alkyl halides is 3. The van der Waals surface area contributed by atoms with E-state index in [9.17, 15) is 27.9 Å². The van der Waals surface area contributed by atoms with Crippen LogP contribution in [0.5, 0.6) is 0 Å². The van der Waals surface area contributed by atoms with Crippen LogP contribution in [0.4, 0.5) is 34.6 Å². The molecular formula is C28H19Cl2F4N7O. The van der Waals surface area contributed by atoms with Crippen molar-refractivity contribution in [1.82, 2.24) is 20.0 Å². The van der Waals surface area contributed by atoms with Crippen molar-refractivity contribution in [3.8, 4) is 6.07 Å². The molecule has 0 aliphatic carbocycles. The number of aliphatic hydroxyl groups is 1. The number of benzene rings is 3. The van der Waals surface area contributed by atoms with Crippen LogP contribution in [-0.4, -0.2) is 37.4 Å². The molecule has 42 heavy (non-hydrogen) atoms. The quantitative estimate of drug-likeness (QED) is 0.161. The van der Waals surface area contributed by atoms with Gasteiger partial charge in [-0.25, -0.2) is 9.07 Å². The zero-order valence-corrected chi connectivity index (χ0v) is 22.8. The summed E-state index contributed by atoms with van der Waals surface area (Å²) in [5.41, 5.74) is 2.76. The zero-order chi connectivity index (χ0) is 30.0. The molecule has 14 heteroatoms. The van der Waals surface area contributed by atoms with Crippen molar-refractivity contribution in [3.63, 3.8) is 0 Å². The number of hydrogen-bond donors (Lipinski definition) is 3. The molecule has 3 N–H and O–H groups in total. The summed E-state index contributed by atoms with van der Waals surface area (Å²) in [7, 11) is 0. The number of nitriles is 1. The number of pyridine rings is 1. The third kappa shape index (κ3) is 6.23. The van der Waals surface area contributed by atoms with E-state index in [4.69, 9.17) is 23.2 Å². The first kappa shape index (κ1) is 29.1. The summed E-state index contributed by atoms with van der Waals surface area (Å²) >= 11 is 12.6. The number of aromatic nitrogens is 4. The summed E-state index contributed by atoms with van der Waals surface area (Å²) < 4.78 is 53.3. The molecule has 0 bridgehead atoms. The van der Waals surface area contributed by atoms with Crippen LogP contribution >= 0.6 is 23.2 Å². The Morgan fingerprint density at radius 3 is 2.45 bits per heavy atom. The Balaban J connectivity index is 1.55. The van der Waals surface area contributed by atoms with Crippen molar-refractivity contribution < 1.29 is 22.7 Å². The van der Waals surface area contributed by atoms with Crippen molar-refractivity contribution >= 4 is 51.2 Å². The average molecular weight is 616 g/mol. The smallest absolute Gasteiger partial charge is 0.382 e. The predicted octanol–water partition coefficient (Wildman–Crippen LogP) is 7.01. The summed E-state index contributed by atoms with van der Waals surface area (Å²) in [4.78, 5) is 4.32. The van der Waals surface area contributed by atoms with Crippen molar-refractivity contribution in [3.05, 3.63) is 106 Å². The third-order valence-corrected chi connectivity index (χ3v) is 6.85. The van der Waals surface area contributed by atoms with Gasteiger partial charge >= 0.3 is 6.18 Å². The topological polar surface area (TPSA) is 112 Å². The minimum atomic E-state index is -4.81. The molecule has 0 spiro atoms. The van der Waals surface area contributed by atoms with E-state index < -0.39 is 30.7 Å². The first-order chi connectivity index (χ1) is 20.0. The van der Waals surface area contributed by atoms with Crippen molar-refractivity contribution in [2.75, 3.05) is 10.6 Å². The number of nitrogens with zero attached hydrogens (tertiary/aromatic N) is 5. The molecular weight excluding hydrogens is 597 g/mol. The molecule has 8 nitrogen and oxygen atoms in total. The average Bonchev–Trinajstić information content (AvgIpc) is 3.42. The van der Waals surface area contributed by atoms with Gasteiger partial charge < -0.3 is 15.7 Å². The minimum absolute atomic E-state index is 0.112. The van der Waals surface area contributed by atoms with Crippen LogP contribution in [0.2, 0.25) is 10.0 Å². The standard InChI is InChI=1S/C28H19Cl2F4N7O/c29-20-9-17(6-7-22(20)31)37-25-16(11-35)12-36-27-19(25)8-18(10-21(27)30)38-26(15-4-2-1-3-5-15)23-13-41(40-39-23)14-24(42)28(32,33)34/h1-10,12-13,24,26,38,42H,14H2,(H,36,37). The predicted molar refractivity (Wildman–Crippen MR) is 150 cm³/mol. The Hall–Kier alpha value is -4.44. The van der Waals surface area contributed by atoms with Gasteiger partial charge in [-0.3, -0.25) is 4.98 Å². The van der Waals surface area contributed by atoms with Gasteiger partial charge in [0, 0.05) is 23.0 Å². The Bertz CT molecular complexity index is 1790. The van der Waals surface area contributed by atoms with Gasteiger partial charge in [-0.05, 0) is 35.9 Å². The summed E-state index contributed by atoms with van der Waals surface area (Å²) in [6.07, 6.45) is -4.76. The van der Waals surface area contributed by atoms with Crippen LogP contribution in [0.15, 0.2) is 73.1 Å². The second-order valence-electron chi connectivity index (χ2n) is 9.18. The molecule has 3 aromatic carbocycles. The molecule has 2 atom stereocenters. The monoisotopic (exact) mass is 615 g/mol. The van der Waals surface area contributed by atoms with Gasteiger partial charge in [-0.15, -0.1) is 5.10 Å². The van der Waals surface area contributed by atoms with E-state index in [1.807, 2.05) is 0 Å². The zero-order valence-electron chi connectivity index (χ0n) is 21.2. The Kier molecular flexibility index (Phi) is 8.17. The molecule has 2 aromatic heterocycles. The molecule has 0 amide bonds. The summed E-state index contributed by atoms with van der Waals surface area (Å²) in [6, 6.07) is 17.7. The summed E-state index contributed by atoms with van der Waals surface area (Å²) in [6.45, 7) is -0.829. The lowest BCUT2D eigenvalue weighted by Gasteiger charge is -2.20. The lowest BCUT2D eigenvalue weighted by Crippen LogP contribution is -2.33. The van der Waals surface area contributed by atoms with E-state index in [2.05, 4.69) is 32.0 Å². The van der Waals surface area contributed by atoms with Crippen LogP contribution in [0.3, 0.4) is 0 Å². The largest absolute Gasteiger partial charge is 0.416 e. The first-order valence-corrected chi connectivity index (χ1v) is 13.0. The Labute approximate surface area is 246 Å². The highest BCUT2D eigenvalue weighted by Crippen LogP contribution is 2.37. The van der Waals surface area contributed by atoms with Crippen molar-refractivity contribution in [2.45, 2.75) is 24.9 Å². The maximum Gasteiger partial charge on any atom is 0.416 e. The second kappa shape index (κ2) is 11.8. The number of aliphatic hydroxyl groups excluding tert-OH is 1. The van der Waals surface area contributed by atoms with Crippen LogP contribution in [0, 0.1) is 17.1 Å². The molecule has 0 saturated carbocycles. The highest BCUT2D eigenvalue weighted by Gasteiger charge is 2.38. The van der Waals surface area contributed by atoms with E-state index in [-0.39, 0.29) is 21.3 Å². The minimum Gasteiger partial charge on any atom is -0.382 e. The lowest BCUT2D eigenvalue weighted by molar-refractivity contribution is -0.208. The van der Waals surface area contributed by atoms with Gasteiger partial charge in [-0.2, -0.15) is 18.4 Å². The number of nitrogens with one attached hydrogen (secondary N) is 2. The summed E-state index contributed by atoms with van der Waals surface area (Å²) in [5, 5.41) is 34.0. The van der Waals surface area contributed by atoms with Gasteiger partial charge in [0.1, 0.15) is 17.6 Å². The number of fused-ring (bicyclic) bond motifs is 1. The van der Waals surface area contributed by atoms with Gasteiger partial charge in [0.05, 0.1) is 45.6 Å². The molecule has 0 fully saturated rings. The van der Waals surface area contributed by atoms with Crippen LogP contribution in [-0.2, 0) is 6.54 Å². The van der Waals surface area contributed by atoms with Gasteiger partial charge in [-0.1, -0.05) is 58.7 Å². The van der Waals surface area contributed by atoms with Crippen LogP contribution in [0.1, 0.15) is 22.9 Å². The van der Waals surface area contributed by atoms with E-state index in [0.29, 0.717) is 33.5 Å². The van der Waals surface area contributed by atoms with E-state index in [1.54, 1.807) is 42.5 Å². The number of hydrogen-bond acceptors (Lipinski definition) is 7. The maximum absolute atomic E-state index is 13.7. The lowest BCUT2D eigenvalue weighted by atomic mass is 10.0. The second-order valence-corrected chi connectivity index (χ2v) is 9.99. The maximum atomic E-state index is 13.7. The van der Waals surface area contributed by atoms with E-state index in [0.717, 1.165) is 4.68 Å². The fraction of sp³-hybridized carbons (Fsp3) is 0.143. The van der Waals surface area contributed by atoms with Gasteiger partial charge in [0.15, 0.2) is 6.10 Å². The molecule has 5 rings (SSSR count). The molecule has 0 aliphatic heterocycles. The number of halogens is 6. The number of rotatable bonds is 8. The molecule has 0 aliphatic rings. The van der Waals surface area contributed by atoms with Gasteiger partial charge in [0.2, 0.25) is 0 Å². The first-order valence-electron chi connectivity index (χ1n) is 12.2. The SMILES string of the molecule is N#Cc1cnc2c(Cl)cc(NC(c3ccccc3)c3cn(CC(O)C(F)(F)F)nn3)cc2c1Nc1ccc(F)c(Cl)c1. The normalized spacial score (nSPS) is 13.0. The molecule has 5 aromatic rings. The van der Waals surface area contributed by atoms with E-state index >= 15 is 0 Å². The highest BCUT2D eigenvalue weighted by atomic mass is 35.5.